The van der Waals surface area contributed by atoms with Crippen molar-refractivity contribution < 1.29 is 36.6 Å². The highest BCUT2D eigenvalue weighted by molar-refractivity contribution is 5.99. The summed E-state index contributed by atoms with van der Waals surface area (Å²) in [4.78, 5) is 18.9. The molecule has 0 saturated carbocycles. The zero-order valence-electron chi connectivity index (χ0n) is 22.7. The molecule has 0 aliphatic carbocycles. The van der Waals surface area contributed by atoms with Gasteiger partial charge in [-0.1, -0.05) is 0 Å². The molecule has 0 unspecified atom stereocenters. The lowest BCUT2D eigenvalue weighted by molar-refractivity contribution is -0.139. The van der Waals surface area contributed by atoms with Gasteiger partial charge in [0, 0.05) is 29.4 Å². The summed E-state index contributed by atoms with van der Waals surface area (Å²) < 4.78 is 69.6. The summed E-state index contributed by atoms with van der Waals surface area (Å²) in [7, 11) is 5.49. The Labute approximate surface area is 233 Å². The fraction of sp³-hybridized carbons (Fsp3) is 0.241. The van der Waals surface area contributed by atoms with Crippen molar-refractivity contribution >= 4 is 28.3 Å². The average molecular weight is 573 g/mol. The molecule has 2 N–H and O–H groups in total. The third kappa shape index (κ3) is 7.54. The lowest BCUT2D eigenvalue weighted by Gasteiger charge is -2.15. The number of urea groups is 1. The number of hydrogen-bond donors (Lipinski definition) is 2. The van der Waals surface area contributed by atoms with Gasteiger partial charge in [0.15, 0.2) is 11.5 Å². The van der Waals surface area contributed by atoms with Gasteiger partial charge in [-0.2, -0.15) is 13.2 Å². The van der Waals surface area contributed by atoms with Crippen molar-refractivity contribution in [1.29, 1.82) is 0 Å². The lowest BCUT2D eigenvalue weighted by atomic mass is 10.1. The molecule has 0 bridgehead atoms. The van der Waals surface area contributed by atoms with Gasteiger partial charge in [-0.3, -0.25) is 0 Å². The van der Waals surface area contributed by atoms with Crippen molar-refractivity contribution in [2.24, 2.45) is 0 Å². The quantitative estimate of drug-likeness (QED) is 0.209. The first-order valence-corrected chi connectivity index (χ1v) is 12.4. The molecule has 41 heavy (non-hydrogen) atoms. The molecule has 0 spiro atoms. The predicted octanol–water partition coefficient (Wildman–Crippen LogP) is 7.09. The van der Waals surface area contributed by atoms with Gasteiger partial charge in [-0.15, -0.1) is 0 Å². The Bertz CT molecular complexity index is 1540. The number of ether oxygens (including phenoxy) is 3. The molecule has 1 aromatic heterocycles. The summed E-state index contributed by atoms with van der Waals surface area (Å²) >= 11 is 0. The van der Waals surface area contributed by atoms with Gasteiger partial charge in [0.25, 0.3) is 0 Å². The molecule has 0 saturated heterocycles. The standard InChI is InChI=1S/C29H28F4N4O4/c1-17-25(13-18-14-26(39-4)27(16-24(18)34-17)40-12-11-37(2)3)41-21-8-5-19(6-9-21)35-28(38)36-20-7-10-23(30)22(15-20)29(31,32)33/h5-10,13-16H,11-12H2,1-4H3,(H2,35,36,38). The lowest BCUT2D eigenvalue weighted by Crippen LogP contribution is -2.20. The molecule has 3 aromatic carbocycles. The number of nitrogens with zero attached hydrogens (tertiary/aromatic N) is 2. The van der Waals surface area contributed by atoms with Crippen molar-refractivity contribution in [3.63, 3.8) is 0 Å². The van der Waals surface area contributed by atoms with Crippen LogP contribution in [0.15, 0.2) is 60.7 Å². The second-order valence-electron chi connectivity index (χ2n) is 9.32. The molecule has 8 nitrogen and oxygen atoms in total. The number of rotatable bonds is 9. The summed E-state index contributed by atoms with van der Waals surface area (Å²) in [6.07, 6.45) is -4.89. The molecule has 0 fully saturated rings. The number of hydrogen-bond acceptors (Lipinski definition) is 6. The van der Waals surface area contributed by atoms with Gasteiger partial charge in [-0.25, -0.2) is 14.2 Å². The molecular formula is C29H28F4N4O4. The van der Waals surface area contributed by atoms with Gasteiger partial charge in [0.1, 0.15) is 23.9 Å². The highest BCUT2D eigenvalue weighted by Crippen LogP contribution is 2.36. The van der Waals surface area contributed by atoms with Gasteiger partial charge in [-0.05, 0) is 75.6 Å². The van der Waals surface area contributed by atoms with Crippen LogP contribution >= 0.6 is 0 Å². The number of aryl methyl sites for hydroxylation is 1. The maximum absolute atomic E-state index is 13.5. The van der Waals surface area contributed by atoms with Gasteiger partial charge in [0.05, 0.1) is 23.9 Å². The maximum Gasteiger partial charge on any atom is 0.419 e. The van der Waals surface area contributed by atoms with Crippen LogP contribution in [0.5, 0.6) is 23.0 Å². The number of amides is 2. The molecule has 4 aromatic rings. The Morgan fingerprint density at radius 3 is 2.24 bits per heavy atom. The fourth-order valence-electron chi connectivity index (χ4n) is 3.82. The number of halogens is 4. The Morgan fingerprint density at radius 2 is 1.59 bits per heavy atom. The van der Waals surface area contributed by atoms with Crippen molar-refractivity contribution in [1.82, 2.24) is 9.88 Å². The number of pyridine rings is 1. The van der Waals surface area contributed by atoms with Crippen LogP contribution in [0.4, 0.5) is 33.7 Å². The van der Waals surface area contributed by atoms with E-state index in [0.29, 0.717) is 58.6 Å². The van der Waals surface area contributed by atoms with Crippen LogP contribution in [0, 0.1) is 12.7 Å². The van der Waals surface area contributed by atoms with Crippen LogP contribution in [0.3, 0.4) is 0 Å². The SMILES string of the molecule is COc1cc2cc(Oc3ccc(NC(=O)Nc4ccc(F)c(C(F)(F)F)c4)cc3)c(C)nc2cc1OCCN(C)C. The fourth-order valence-corrected chi connectivity index (χ4v) is 3.82. The van der Waals surface area contributed by atoms with E-state index < -0.39 is 23.6 Å². The molecule has 0 atom stereocenters. The Kier molecular flexibility index (Phi) is 8.82. The second-order valence-corrected chi connectivity index (χ2v) is 9.32. The molecule has 216 valence electrons. The number of fused-ring (bicyclic) bond motifs is 1. The van der Waals surface area contributed by atoms with E-state index in [4.69, 9.17) is 14.2 Å². The molecule has 0 aliphatic heterocycles. The summed E-state index contributed by atoms with van der Waals surface area (Å²) in [6, 6.07) is 13.2. The second kappa shape index (κ2) is 12.3. The number of carbonyl (C=O) groups excluding carboxylic acids is 1. The number of benzene rings is 3. The predicted molar refractivity (Wildman–Crippen MR) is 148 cm³/mol. The normalized spacial score (nSPS) is 11.4. The van der Waals surface area contributed by atoms with E-state index in [1.807, 2.05) is 44.1 Å². The van der Waals surface area contributed by atoms with Crippen LogP contribution in [0.1, 0.15) is 11.3 Å². The highest BCUT2D eigenvalue weighted by Gasteiger charge is 2.34. The number of alkyl halides is 3. The maximum atomic E-state index is 13.5. The average Bonchev–Trinajstić information content (AvgIpc) is 2.90. The van der Waals surface area contributed by atoms with E-state index in [9.17, 15) is 22.4 Å². The molecule has 12 heteroatoms. The molecule has 0 radical (unpaired) electrons. The smallest absolute Gasteiger partial charge is 0.419 e. The van der Waals surface area contributed by atoms with Crippen molar-refractivity contribution in [3.05, 3.63) is 77.7 Å². The molecular weight excluding hydrogens is 544 g/mol. The van der Waals surface area contributed by atoms with E-state index in [-0.39, 0.29) is 5.69 Å². The van der Waals surface area contributed by atoms with Gasteiger partial charge in [0.2, 0.25) is 0 Å². The highest BCUT2D eigenvalue weighted by atomic mass is 19.4. The zero-order chi connectivity index (χ0) is 29.7. The van der Waals surface area contributed by atoms with Crippen LogP contribution in [-0.2, 0) is 6.18 Å². The monoisotopic (exact) mass is 572 g/mol. The van der Waals surface area contributed by atoms with E-state index in [0.717, 1.165) is 18.0 Å². The van der Waals surface area contributed by atoms with E-state index in [1.54, 1.807) is 31.4 Å². The van der Waals surface area contributed by atoms with E-state index in [1.165, 1.54) is 0 Å². The third-order valence-corrected chi connectivity index (χ3v) is 5.91. The first-order chi connectivity index (χ1) is 19.4. The van der Waals surface area contributed by atoms with Crippen LogP contribution in [0.2, 0.25) is 0 Å². The summed E-state index contributed by atoms with van der Waals surface area (Å²) in [6.45, 7) is 3.05. The zero-order valence-corrected chi connectivity index (χ0v) is 22.7. The number of anilines is 2. The van der Waals surface area contributed by atoms with Crippen molar-refractivity contribution in [2.45, 2.75) is 13.1 Å². The topological polar surface area (TPSA) is 85.0 Å². The van der Waals surface area contributed by atoms with Gasteiger partial charge >= 0.3 is 12.2 Å². The number of likely N-dealkylation sites (N-methyl/N-ethyl adjacent to an activating group) is 1. The number of aromatic nitrogens is 1. The van der Waals surface area contributed by atoms with Crippen LogP contribution in [-0.4, -0.2) is 50.3 Å². The summed E-state index contributed by atoms with van der Waals surface area (Å²) in [5, 5.41) is 5.55. The molecule has 2 amide bonds. The minimum atomic E-state index is -4.89. The number of carbonyl (C=O) groups is 1. The van der Waals surface area contributed by atoms with Crippen molar-refractivity contribution in [2.75, 3.05) is 45.0 Å². The number of nitrogens with one attached hydrogen (secondary N) is 2. The van der Waals surface area contributed by atoms with Crippen molar-refractivity contribution in [3.8, 4) is 23.0 Å². The third-order valence-electron chi connectivity index (χ3n) is 5.91. The van der Waals surface area contributed by atoms with Crippen LogP contribution < -0.4 is 24.8 Å². The first-order valence-electron chi connectivity index (χ1n) is 12.4. The largest absolute Gasteiger partial charge is 0.493 e. The summed E-state index contributed by atoms with van der Waals surface area (Å²) in [5.41, 5.74) is 0.0281. The Balaban J connectivity index is 1.43. The van der Waals surface area contributed by atoms with E-state index >= 15 is 0 Å². The minimum Gasteiger partial charge on any atom is -0.493 e. The minimum absolute atomic E-state index is 0.209. The van der Waals surface area contributed by atoms with E-state index in [2.05, 4.69) is 15.6 Å². The van der Waals surface area contributed by atoms with Gasteiger partial charge < -0.3 is 29.7 Å². The molecule has 0 aliphatic rings. The molecule has 1 heterocycles. The Morgan fingerprint density at radius 1 is 0.927 bits per heavy atom. The Hall–Kier alpha value is -4.58. The summed E-state index contributed by atoms with van der Waals surface area (Å²) in [5.74, 6) is 0.705. The number of methoxy groups -OCH3 is 1. The van der Waals surface area contributed by atoms with Crippen LogP contribution in [0.25, 0.3) is 10.9 Å². The first kappa shape index (κ1) is 29.4. The molecule has 4 rings (SSSR count).